The topological polar surface area (TPSA) is 62.7 Å². The van der Waals surface area contributed by atoms with E-state index in [-0.39, 0.29) is 5.92 Å². The lowest BCUT2D eigenvalue weighted by Crippen LogP contribution is -2.64. The van der Waals surface area contributed by atoms with Crippen molar-refractivity contribution < 1.29 is 14.6 Å². The highest BCUT2D eigenvalue weighted by atomic mass is 16.5. The van der Waals surface area contributed by atoms with Crippen LogP contribution in [-0.4, -0.2) is 47.2 Å². The molecule has 0 aliphatic carbocycles. The number of fused-ring (bicyclic) bond motifs is 3. The van der Waals surface area contributed by atoms with Crippen LogP contribution >= 0.6 is 0 Å². The minimum Gasteiger partial charge on any atom is -0.465 e. The van der Waals surface area contributed by atoms with Crippen molar-refractivity contribution in [3.8, 4) is 12.3 Å². The maximum absolute atomic E-state index is 12.1. The van der Waals surface area contributed by atoms with E-state index in [1.165, 1.54) is 13.3 Å². The Bertz CT molecular complexity index is 913. The molecule has 0 saturated carbocycles. The fourth-order valence-electron chi connectivity index (χ4n) is 4.71. The number of hydrogen-bond acceptors (Lipinski definition) is 5. The van der Waals surface area contributed by atoms with Crippen molar-refractivity contribution in [2.75, 3.05) is 20.2 Å². The quantitative estimate of drug-likeness (QED) is 0.656. The van der Waals surface area contributed by atoms with Gasteiger partial charge in [0, 0.05) is 6.20 Å². The highest BCUT2D eigenvalue weighted by molar-refractivity contribution is 5.89. The van der Waals surface area contributed by atoms with Crippen molar-refractivity contribution in [1.29, 1.82) is 0 Å². The van der Waals surface area contributed by atoms with Gasteiger partial charge in [-0.25, -0.2) is 4.79 Å². The van der Waals surface area contributed by atoms with Crippen LogP contribution in [0.15, 0.2) is 42.6 Å². The van der Waals surface area contributed by atoms with Gasteiger partial charge in [-0.15, -0.1) is 6.42 Å². The van der Waals surface area contributed by atoms with E-state index in [4.69, 9.17) is 11.2 Å². The zero-order chi connectivity index (χ0) is 19.7. The number of pyridine rings is 1. The van der Waals surface area contributed by atoms with Crippen LogP contribution in [0.2, 0.25) is 0 Å². The Hall–Kier alpha value is -2.68. The average Bonchev–Trinajstić information content (AvgIpc) is 2.74. The van der Waals surface area contributed by atoms with Gasteiger partial charge in [-0.05, 0) is 55.5 Å². The zero-order valence-corrected chi connectivity index (χ0v) is 16.0. The Kier molecular flexibility index (Phi) is 4.92. The summed E-state index contributed by atoms with van der Waals surface area (Å²) in [7, 11) is 1.35. The van der Waals surface area contributed by atoms with Gasteiger partial charge in [-0.2, -0.15) is 0 Å². The predicted molar refractivity (Wildman–Crippen MR) is 106 cm³/mol. The van der Waals surface area contributed by atoms with E-state index in [2.05, 4.69) is 15.8 Å². The maximum atomic E-state index is 12.1. The van der Waals surface area contributed by atoms with E-state index >= 15 is 0 Å². The van der Waals surface area contributed by atoms with Crippen LogP contribution in [0, 0.1) is 18.3 Å². The number of aromatic nitrogens is 1. The minimum absolute atomic E-state index is 0.0598. The molecule has 0 spiro atoms. The molecule has 1 N–H and O–H groups in total. The fraction of sp³-hybridized carbons (Fsp3) is 0.391. The number of rotatable bonds is 4. The number of hydrogen-bond donors (Lipinski definition) is 1. The fourth-order valence-corrected chi connectivity index (χ4v) is 4.71. The van der Waals surface area contributed by atoms with E-state index in [1.807, 2.05) is 30.3 Å². The van der Waals surface area contributed by atoms with E-state index in [0.29, 0.717) is 17.7 Å². The Morgan fingerprint density at radius 2 is 2.07 bits per heavy atom. The summed E-state index contributed by atoms with van der Waals surface area (Å²) in [5.41, 5.74) is 1.63. The van der Waals surface area contributed by atoms with Crippen molar-refractivity contribution >= 4 is 5.97 Å². The van der Waals surface area contributed by atoms with Gasteiger partial charge in [0.25, 0.3) is 0 Å². The van der Waals surface area contributed by atoms with Gasteiger partial charge in [0.1, 0.15) is 11.6 Å². The molecule has 0 amide bonds. The standard InChI is InChI=1S/C23H24N2O3/c1-3-20-23(27,19-9-11-25(20)12-10-19)21-17(13-16-7-5-4-6-8-16)14-18(15-24-21)22(26)28-2/h1,4-8,14-15,19-20,27H,9-13H2,2H3. The first-order valence-electron chi connectivity index (χ1n) is 9.62. The normalized spacial score (nSPS) is 28.5. The van der Waals surface area contributed by atoms with Crippen LogP contribution < -0.4 is 0 Å². The second kappa shape index (κ2) is 7.38. The summed E-state index contributed by atoms with van der Waals surface area (Å²) in [6.07, 6.45) is 9.67. The summed E-state index contributed by atoms with van der Waals surface area (Å²) in [5, 5.41) is 11.9. The molecular weight excluding hydrogens is 352 g/mol. The molecule has 1 aromatic heterocycles. The van der Waals surface area contributed by atoms with Crippen LogP contribution in [-0.2, 0) is 16.8 Å². The zero-order valence-electron chi connectivity index (χ0n) is 16.0. The molecule has 28 heavy (non-hydrogen) atoms. The second-order valence-corrected chi connectivity index (χ2v) is 7.59. The number of methoxy groups -OCH3 is 1. The van der Waals surface area contributed by atoms with E-state index in [1.54, 1.807) is 6.07 Å². The summed E-state index contributed by atoms with van der Waals surface area (Å²) >= 11 is 0. The summed E-state index contributed by atoms with van der Waals surface area (Å²) in [5.74, 6) is 2.43. The lowest BCUT2D eigenvalue weighted by Gasteiger charge is -2.54. The number of benzene rings is 1. The van der Waals surface area contributed by atoms with Gasteiger partial charge in [-0.3, -0.25) is 9.88 Å². The highest BCUT2D eigenvalue weighted by Gasteiger charge is 2.55. The third-order valence-electron chi connectivity index (χ3n) is 6.10. The molecule has 2 bridgehead atoms. The van der Waals surface area contributed by atoms with Crippen molar-refractivity contribution in [3.05, 3.63) is 65.0 Å². The first-order chi connectivity index (χ1) is 13.6. The lowest BCUT2D eigenvalue weighted by atomic mass is 9.67. The highest BCUT2D eigenvalue weighted by Crippen LogP contribution is 2.47. The molecule has 5 rings (SSSR count). The Labute approximate surface area is 165 Å². The number of ether oxygens (including phenoxy) is 1. The van der Waals surface area contributed by atoms with E-state index < -0.39 is 17.6 Å². The van der Waals surface area contributed by atoms with Crippen LogP contribution in [0.3, 0.4) is 0 Å². The van der Waals surface area contributed by atoms with Gasteiger partial charge in [0.15, 0.2) is 0 Å². The molecule has 1 aromatic carbocycles. The minimum atomic E-state index is -1.22. The number of aliphatic hydroxyl groups is 1. The number of piperidine rings is 3. The van der Waals surface area contributed by atoms with E-state index in [0.717, 1.165) is 37.1 Å². The van der Waals surface area contributed by atoms with Crippen LogP contribution in [0.4, 0.5) is 0 Å². The molecule has 4 heterocycles. The van der Waals surface area contributed by atoms with Gasteiger partial charge < -0.3 is 9.84 Å². The van der Waals surface area contributed by atoms with Crippen molar-refractivity contribution in [2.24, 2.45) is 5.92 Å². The molecule has 5 heteroatoms. The molecule has 5 nitrogen and oxygen atoms in total. The van der Waals surface area contributed by atoms with Crippen LogP contribution in [0.5, 0.6) is 0 Å². The molecule has 2 unspecified atom stereocenters. The number of esters is 1. The van der Waals surface area contributed by atoms with Crippen LogP contribution in [0.25, 0.3) is 0 Å². The smallest absolute Gasteiger partial charge is 0.339 e. The first-order valence-corrected chi connectivity index (χ1v) is 9.62. The van der Waals surface area contributed by atoms with Crippen LogP contribution in [0.1, 0.15) is 40.0 Å². The molecule has 0 radical (unpaired) electrons. The third kappa shape index (κ3) is 2.99. The molecule has 3 aliphatic rings. The average molecular weight is 376 g/mol. The molecule has 3 aliphatic heterocycles. The molecular formula is C23H24N2O3. The first kappa shape index (κ1) is 18.7. The Balaban J connectivity index is 1.83. The maximum Gasteiger partial charge on any atom is 0.339 e. The monoisotopic (exact) mass is 376 g/mol. The molecule has 3 saturated heterocycles. The van der Waals surface area contributed by atoms with Gasteiger partial charge in [0.05, 0.1) is 18.4 Å². The summed E-state index contributed by atoms with van der Waals surface area (Å²) < 4.78 is 4.86. The molecule has 144 valence electrons. The molecule has 2 atom stereocenters. The van der Waals surface area contributed by atoms with Crippen molar-refractivity contribution in [2.45, 2.75) is 30.9 Å². The van der Waals surface area contributed by atoms with Gasteiger partial charge in [0.2, 0.25) is 0 Å². The lowest BCUT2D eigenvalue weighted by molar-refractivity contribution is -0.145. The molecule has 3 fully saturated rings. The summed E-state index contributed by atoms with van der Waals surface area (Å²) in [6, 6.07) is 11.3. The van der Waals surface area contributed by atoms with E-state index in [9.17, 15) is 9.90 Å². The van der Waals surface area contributed by atoms with Gasteiger partial charge in [-0.1, -0.05) is 36.3 Å². The number of carbonyl (C=O) groups excluding carboxylic acids is 1. The Morgan fingerprint density at radius 1 is 1.36 bits per heavy atom. The third-order valence-corrected chi connectivity index (χ3v) is 6.10. The predicted octanol–water partition coefficient (Wildman–Crippen LogP) is 2.37. The summed E-state index contributed by atoms with van der Waals surface area (Å²) in [4.78, 5) is 18.8. The SMILES string of the molecule is C#CC1N2CCC(CC2)C1(O)c1ncc(C(=O)OC)cc1Cc1ccccc1. The summed E-state index contributed by atoms with van der Waals surface area (Å²) in [6.45, 7) is 1.80. The number of terminal acetylenes is 1. The van der Waals surface area contributed by atoms with Crippen molar-refractivity contribution in [1.82, 2.24) is 9.88 Å². The Morgan fingerprint density at radius 3 is 2.71 bits per heavy atom. The molecule has 2 aromatic rings. The van der Waals surface area contributed by atoms with Gasteiger partial charge >= 0.3 is 5.97 Å². The largest absolute Gasteiger partial charge is 0.465 e. The van der Waals surface area contributed by atoms with Crippen molar-refractivity contribution in [3.63, 3.8) is 0 Å². The number of carbonyl (C=O) groups is 1. The second-order valence-electron chi connectivity index (χ2n) is 7.59. The number of nitrogens with zero attached hydrogens (tertiary/aromatic N) is 2.